The van der Waals surface area contributed by atoms with Gasteiger partial charge < -0.3 is 15.0 Å². The van der Waals surface area contributed by atoms with Crippen LogP contribution in [0.4, 0.5) is 0 Å². The highest BCUT2D eigenvalue weighted by Crippen LogP contribution is 2.18. The average Bonchev–Trinajstić information content (AvgIpc) is 2.38. The molecule has 1 fully saturated rings. The first-order chi connectivity index (χ1) is 8.61. The quantitative estimate of drug-likeness (QED) is 0.789. The lowest BCUT2D eigenvalue weighted by Gasteiger charge is -2.32. The van der Waals surface area contributed by atoms with Crippen molar-refractivity contribution in [2.45, 2.75) is 6.04 Å². The number of nitrogens with zero attached hydrogens (tertiary/aromatic N) is 1. The van der Waals surface area contributed by atoms with Gasteiger partial charge in [0.1, 0.15) is 11.6 Å². The number of carboxylic acids is 1. The number of aliphatic carboxylic acids is 1. The van der Waals surface area contributed by atoms with Crippen molar-refractivity contribution in [2.24, 2.45) is 0 Å². The highest BCUT2D eigenvalue weighted by Gasteiger charge is 2.33. The molecule has 1 aromatic heterocycles. The van der Waals surface area contributed by atoms with E-state index in [0.29, 0.717) is 18.1 Å². The number of aromatic amines is 1. The minimum Gasteiger partial charge on any atom is -0.480 e. The summed E-state index contributed by atoms with van der Waals surface area (Å²) in [5, 5.41) is 9.08. The molecule has 1 amide bonds. The molecule has 0 aromatic carbocycles. The predicted octanol–water partition coefficient (Wildman–Crippen LogP) is 0.0171. The van der Waals surface area contributed by atoms with Crippen molar-refractivity contribution in [3.63, 3.8) is 0 Å². The topological polar surface area (TPSA) is 90.5 Å². The van der Waals surface area contributed by atoms with Gasteiger partial charge in [0.25, 0.3) is 5.91 Å². The summed E-state index contributed by atoms with van der Waals surface area (Å²) in [5.74, 6) is -0.529. The fraction of sp³-hybridized carbons (Fsp3) is 0.364. The van der Waals surface area contributed by atoms with E-state index in [1.165, 1.54) is 35.1 Å². The van der Waals surface area contributed by atoms with E-state index in [2.05, 4.69) is 4.98 Å². The molecular weight excluding hydrogens is 256 g/mol. The number of nitrogens with one attached hydrogen (secondary N) is 1. The van der Waals surface area contributed by atoms with Crippen molar-refractivity contribution in [3.8, 4) is 0 Å². The third-order valence-electron chi connectivity index (χ3n) is 2.73. The van der Waals surface area contributed by atoms with Crippen molar-refractivity contribution < 1.29 is 14.7 Å². The van der Waals surface area contributed by atoms with E-state index < -0.39 is 23.3 Å². The second kappa shape index (κ2) is 5.26. The first kappa shape index (κ1) is 12.7. The lowest BCUT2D eigenvalue weighted by atomic mass is 10.2. The van der Waals surface area contributed by atoms with Crippen LogP contribution in [0.2, 0.25) is 0 Å². The Bertz CT molecular complexity index is 528. The van der Waals surface area contributed by atoms with Gasteiger partial charge in [-0.3, -0.25) is 9.59 Å². The van der Waals surface area contributed by atoms with Crippen LogP contribution in [0.3, 0.4) is 0 Å². The summed E-state index contributed by atoms with van der Waals surface area (Å²) in [6.07, 6.45) is 2.74. The molecule has 1 saturated heterocycles. The van der Waals surface area contributed by atoms with Crippen LogP contribution >= 0.6 is 11.8 Å². The SMILES string of the molecule is O=C(O)C1CSCCN1C(=O)c1c[nH]ccc1=O. The Kier molecular flexibility index (Phi) is 3.71. The van der Waals surface area contributed by atoms with E-state index in [9.17, 15) is 14.4 Å². The number of amides is 1. The smallest absolute Gasteiger partial charge is 0.327 e. The molecule has 1 aliphatic heterocycles. The zero-order chi connectivity index (χ0) is 13.1. The number of hydrogen-bond acceptors (Lipinski definition) is 4. The van der Waals surface area contributed by atoms with E-state index in [1.807, 2.05) is 0 Å². The number of carbonyl (C=O) groups is 2. The number of hydrogen-bond donors (Lipinski definition) is 2. The normalized spacial score (nSPS) is 19.6. The summed E-state index contributed by atoms with van der Waals surface area (Å²) in [7, 11) is 0. The molecule has 1 atom stereocenters. The second-order valence-corrected chi connectivity index (χ2v) is 5.00. The minimum absolute atomic E-state index is 0.0179. The van der Waals surface area contributed by atoms with Crippen molar-refractivity contribution >= 4 is 23.6 Å². The van der Waals surface area contributed by atoms with Crippen LogP contribution in [0.25, 0.3) is 0 Å². The molecule has 2 heterocycles. The fourth-order valence-corrected chi connectivity index (χ4v) is 2.83. The van der Waals surface area contributed by atoms with Crippen molar-refractivity contribution in [3.05, 3.63) is 34.2 Å². The molecule has 1 unspecified atom stereocenters. The molecule has 7 heteroatoms. The third kappa shape index (κ3) is 2.40. The monoisotopic (exact) mass is 268 g/mol. The summed E-state index contributed by atoms with van der Waals surface area (Å²) in [5.41, 5.74) is -0.420. The number of pyridine rings is 1. The standard InChI is InChI=1S/C11H12N2O4S/c14-9-1-2-12-5-7(9)10(15)13-3-4-18-6-8(13)11(16)17/h1-2,5,8H,3-4,6H2,(H,12,14)(H,16,17). The molecule has 0 bridgehead atoms. The van der Waals surface area contributed by atoms with Crippen molar-refractivity contribution in [2.75, 3.05) is 18.1 Å². The Morgan fingerprint density at radius 2 is 2.28 bits per heavy atom. The summed E-state index contributed by atoms with van der Waals surface area (Å²) in [6, 6.07) is 0.387. The van der Waals surface area contributed by atoms with Crippen molar-refractivity contribution in [1.82, 2.24) is 9.88 Å². The molecule has 0 aliphatic carbocycles. The van der Waals surface area contributed by atoms with Crippen LogP contribution in [-0.4, -0.2) is 51.0 Å². The number of thioether (sulfide) groups is 1. The lowest BCUT2D eigenvalue weighted by Crippen LogP contribution is -2.51. The van der Waals surface area contributed by atoms with Crippen LogP contribution < -0.4 is 5.43 Å². The number of carbonyl (C=O) groups excluding carboxylic acids is 1. The van der Waals surface area contributed by atoms with Gasteiger partial charge in [0.15, 0.2) is 5.43 Å². The summed E-state index contributed by atoms with van der Waals surface area (Å²) in [4.78, 5) is 38.7. The van der Waals surface area contributed by atoms with Crippen LogP contribution in [0.5, 0.6) is 0 Å². The molecular formula is C11H12N2O4S. The Balaban J connectivity index is 2.29. The summed E-state index contributed by atoms with van der Waals surface area (Å²) >= 11 is 1.49. The Morgan fingerprint density at radius 3 is 2.94 bits per heavy atom. The maximum absolute atomic E-state index is 12.2. The van der Waals surface area contributed by atoms with Crippen LogP contribution in [0.1, 0.15) is 10.4 Å². The third-order valence-corrected chi connectivity index (χ3v) is 3.75. The minimum atomic E-state index is -1.04. The first-order valence-corrected chi connectivity index (χ1v) is 6.55. The van der Waals surface area contributed by atoms with E-state index in [0.717, 1.165) is 0 Å². The number of rotatable bonds is 2. The Hall–Kier alpha value is -1.76. The van der Waals surface area contributed by atoms with Gasteiger partial charge in [0.05, 0.1) is 0 Å². The van der Waals surface area contributed by atoms with Gasteiger partial charge in [-0.25, -0.2) is 4.79 Å². The highest BCUT2D eigenvalue weighted by molar-refractivity contribution is 7.99. The number of aromatic nitrogens is 1. The molecule has 96 valence electrons. The first-order valence-electron chi connectivity index (χ1n) is 5.40. The number of H-pyrrole nitrogens is 1. The Labute approximate surface area is 107 Å². The van der Waals surface area contributed by atoms with Crippen LogP contribution in [-0.2, 0) is 4.79 Å². The average molecular weight is 268 g/mol. The van der Waals surface area contributed by atoms with E-state index in [1.54, 1.807) is 0 Å². The number of carboxylic acid groups (broad SMARTS) is 1. The molecule has 1 aromatic rings. The molecule has 6 nitrogen and oxygen atoms in total. The second-order valence-electron chi connectivity index (χ2n) is 3.85. The van der Waals surface area contributed by atoms with E-state index in [-0.39, 0.29) is 5.56 Å². The summed E-state index contributed by atoms with van der Waals surface area (Å²) in [6.45, 7) is 0.342. The predicted molar refractivity (Wildman–Crippen MR) is 66.8 cm³/mol. The fourth-order valence-electron chi connectivity index (χ4n) is 1.79. The molecule has 0 radical (unpaired) electrons. The van der Waals surface area contributed by atoms with Gasteiger partial charge in [-0.05, 0) is 0 Å². The lowest BCUT2D eigenvalue weighted by molar-refractivity contribution is -0.141. The van der Waals surface area contributed by atoms with Gasteiger partial charge in [-0.2, -0.15) is 11.8 Å². The molecule has 2 rings (SSSR count). The Morgan fingerprint density at radius 1 is 1.50 bits per heavy atom. The van der Waals surface area contributed by atoms with E-state index >= 15 is 0 Å². The largest absolute Gasteiger partial charge is 0.480 e. The zero-order valence-corrected chi connectivity index (χ0v) is 10.3. The van der Waals surface area contributed by atoms with Crippen molar-refractivity contribution in [1.29, 1.82) is 0 Å². The molecule has 18 heavy (non-hydrogen) atoms. The van der Waals surface area contributed by atoms with Crippen LogP contribution in [0.15, 0.2) is 23.3 Å². The maximum atomic E-state index is 12.2. The van der Waals surface area contributed by atoms with Gasteiger partial charge in [-0.1, -0.05) is 0 Å². The van der Waals surface area contributed by atoms with Gasteiger partial charge in [0, 0.05) is 36.5 Å². The molecule has 1 aliphatic rings. The van der Waals surface area contributed by atoms with Gasteiger partial charge >= 0.3 is 5.97 Å². The van der Waals surface area contributed by atoms with E-state index in [4.69, 9.17) is 5.11 Å². The molecule has 0 saturated carbocycles. The van der Waals surface area contributed by atoms with Gasteiger partial charge in [-0.15, -0.1) is 0 Å². The molecule has 0 spiro atoms. The van der Waals surface area contributed by atoms with Gasteiger partial charge in [0.2, 0.25) is 0 Å². The van der Waals surface area contributed by atoms with Crippen LogP contribution in [0, 0.1) is 0 Å². The molecule has 2 N–H and O–H groups in total. The highest BCUT2D eigenvalue weighted by atomic mass is 32.2. The maximum Gasteiger partial charge on any atom is 0.327 e. The summed E-state index contributed by atoms with van der Waals surface area (Å²) < 4.78 is 0. The zero-order valence-electron chi connectivity index (χ0n) is 9.46.